The SMILES string of the molecule is NC(=O)CCCNC(=O)c1c(F)ccc(N)c1F. The normalized spacial score (nSPS) is 10.1. The first-order valence-electron chi connectivity index (χ1n) is 5.23. The molecule has 18 heavy (non-hydrogen) atoms. The summed E-state index contributed by atoms with van der Waals surface area (Å²) in [5, 5.41) is 2.28. The van der Waals surface area contributed by atoms with Crippen molar-refractivity contribution in [2.75, 3.05) is 12.3 Å². The standard InChI is InChI=1S/C11H13F2N3O2/c12-6-3-4-7(14)10(13)9(6)11(18)16-5-1-2-8(15)17/h3-4H,1-2,5,14H2,(H2,15,17)(H,16,18). The molecule has 1 aromatic carbocycles. The highest BCUT2D eigenvalue weighted by molar-refractivity contribution is 5.95. The Morgan fingerprint density at radius 2 is 1.94 bits per heavy atom. The van der Waals surface area contributed by atoms with E-state index in [2.05, 4.69) is 5.32 Å². The van der Waals surface area contributed by atoms with Gasteiger partial charge in [0.05, 0.1) is 5.69 Å². The summed E-state index contributed by atoms with van der Waals surface area (Å²) in [4.78, 5) is 22.0. The molecule has 0 heterocycles. The first-order chi connectivity index (χ1) is 8.43. The van der Waals surface area contributed by atoms with Gasteiger partial charge in [-0.15, -0.1) is 0 Å². The fourth-order valence-electron chi connectivity index (χ4n) is 1.33. The van der Waals surface area contributed by atoms with Crippen molar-refractivity contribution in [2.24, 2.45) is 5.73 Å². The van der Waals surface area contributed by atoms with Crippen molar-refractivity contribution in [1.82, 2.24) is 5.32 Å². The zero-order valence-electron chi connectivity index (χ0n) is 9.50. The van der Waals surface area contributed by atoms with E-state index in [-0.39, 0.29) is 18.7 Å². The molecule has 2 amide bonds. The average Bonchev–Trinajstić information content (AvgIpc) is 2.30. The topological polar surface area (TPSA) is 98.2 Å². The highest BCUT2D eigenvalue weighted by Crippen LogP contribution is 2.18. The van der Waals surface area contributed by atoms with Crippen LogP contribution in [0, 0.1) is 11.6 Å². The van der Waals surface area contributed by atoms with Gasteiger partial charge in [0.2, 0.25) is 5.91 Å². The summed E-state index contributed by atoms with van der Waals surface area (Å²) in [5.41, 5.74) is 9.10. The minimum atomic E-state index is -1.09. The summed E-state index contributed by atoms with van der Waals surface area (Å²) < 4.78 is 26.7. The second kappa shape index (κ2) is 5.95. The highest BCUT2D eigenvalue weighted by atomic mass is 19.1. The number of amides is 2. The van der Waals surface area contributed by atoms with Gasteiger partial charge in [-0.2, -0.15) is 0 Å². The first kappa shape index (κ1) is 13.9. The average molecular weight is 257 g/mol. The van der Waals surface area contributed by atoms with Crippen LogP contribution in [0.2, 0.25) is 0 Å². The van der Waals surface area contributed by atoms with E-state index < -0.39 is 29.0 Å². The van der Waals surface area contributed by atoms with Crippen LogP contribution in [0.25, 0.3) is 0 Å². The molecule has 0 saturated carbocycles. The van der Waals surface area contributed by atoms with Crippen molar-refractivity contribution in [3.05, 3.63) is 29.3 Å². The van der Waals surface area contributed by atoms with Crippen LogP contribution in [0.5, 0.6) is 0 Å². The fourth-order valence-corrected chi connectivity index (χ4v) is 1.33. The van der Waals surface area contributed by atoms with Crippen molar-refractivity contribution < 1.29 is 18.4 Å². The Balaban J connectivity index is 2.67. The van der Waals surface area contributed by atoms with Gasteiger partial charge in [0.1, 0.15) is 11.4 Å². The van der Waals surface area contributed by atoms with E-state index in [0.717, 1.165) is 12.1 Å². The predicted molar refractivity (Wildman–Crippen MR) is 61.5 cm³/mol. The molecule has 0 aliphatic carbocycles. The maximum absolute atomic E-state index is 13.5. The molecule has 7 heteroatoms. The Labute approximate surface area is 102 Å². The molecule has 0 saturated heterocycles. The minimum Gasteiger partial charge on any atom is -0.396 e. The third-order valence-corrected chi connectivity index (χ3v) is 2.23. The molecule has 5 N–H and O–H groups in total. The summed E-state index contributed by atoms with van der Waals surface area (Å²) in [5.74, 6) is -3.51. The maximum Gasteiger partial charge on any atom is 0.257 e. The van der Waals surface area contributed by atoms with Crippen LogP contribution in [0.4, 0.5) is 14.5 Å². The molecule has 98 valence electrons. The molecule has 1 aromatic rings. The molecule has 0 aliphatic rings. The van der Waals surface area contributed by atoms with Gasteiger partial charge in [0.25, 0.3) is 5.91 Å². The Kier molecular flexibility index (Phi) is 4.59. The number of benzene rings is 1. The number of nitrogens with two attached hydrogens (primary N) is 2. The molecule has 0 aliphatic heterocycles. The number of carbonyl (C=O) groups is 2. The zero-order valence-corrected chi connectivity index (χ0v) is 9.50. The molecule has 5 nitrogen and oxygen atoms in total. The van der Waals surface area contributed by atoms with Crippen LogP contribution in [-0.4, -0.2) is 18.4 Å². The van der Waals surface area contributed by atoms with Gasteiger partial charge in [0.15, 0.2) is 5.82 Å². The highest BCUT2D eigenvalue weighted by Gasteiger charge is 2.18. The molecule has 0 spiro atoms. The molecular weight excluding hydrogens is 244 g/mol. The van der Waals surface area contributed by atoms with Gasteiger partial charge in [-0.05, 0) is 18.6 Å². The second-order valence-corrected chi connectivity index (χ2v) is 3.65. The van der Waals surface area contributed by atoms with E-state index in [1.807, 2.05) is 0 Å². The largest absolute Gasteiger partial charge is 0.396 e. The van der Waals surface area contributed by atoms with E-state index in [9.17, 15) is 18.4 Å². The molecule has 0 unspecified atom stereocenters. The molecule has 0 radical (unpaired) electrons. The van der Waals surface area contributed by atoms with Crippen LogP contribution < -0.4 is 16.8 Å². The van der Waals surface area contributed by atoms with Crippen LogP contribution in [-0.2, 0) is 4.79 Å². The van der Waals surface area contributed by atoms with Gasteiger partial charge in [-0.25, -0.2) is 8.78 Å². The van der Waals surface area contributed by atoms with Gasteiger partial charge < -0.3 is 16.8 Å². The number of primary amides is 1. The Morgan fingerprint density at radius 1 is 1.28 bits per heavy atom. The lowest BCUT2D eigenvalue weighted by Crippen LogP contribution is -2.27. The van der Waals surface area contributed by atoms with Crippen molar-refractivity contribution >= 4 is 17.5 Å². The third-order valence-electron chi connectivity index (χ3n) is 2.23. The van der Waals surface area contributed by atoms with Gasteiger partial charge in [0, 0.05) is 13.0 Å². The lowest BCUT2D eigenvalue weighted by atomic mass is 10.1. The number of carbonyl (C=O) groups excluding carboxylic acids is 2. The number of nitrogen functional groups attached to an aromatic ring is 1. The van der Waals surface area contributed by atoms with E-state index in [1.165, 1.54) is 0 Å². The number of rotatable bonds is 5. The zero-order chi connectivity index (χ0) is 13.7. The van der Waals surface area contributed by atoms with Gasteiger partial charge >= 0.3 is 0 Å². The van der Waals surface area contributed by atoms with Crippen molar-refractivity contribution in [1.29, 1.82) is 0 Å². The molecule has 1 rings (SSSR count). The maximum atomic E-state index is 13.5. The van der Waals surface area contributed by atoms with Crippen LogP contribution >= 0.6 is 0 Å². The summed E-state index contributed by atoms with van der Waals surface area (Å²) >= 11 is 0. The summed E-state index contributed by atoms with van der Waals surface area (Å²) in [6.45, 7) is 0.0927. The van der Waals surface area contributed by atoms with Gasteiger partial charge in [-0.1, -0.05) is 0 Å². The van der Waals surface area contributed by atoms with E-state index in [1.54, 1.807) is 0 Å². The van der Waals surface area contributed by atoms with E-state index in [4.69, 9.17) is 11.5 Å². The van der Waals surface area contributed by atoms with E-state index in [0.29, 0.717) is 6.42 Å². The molecule has 0 atom stereocenters. The molecular formula is C11H13F2N3O2. The van der Waals surface area contributed by atoms with Crippen molar-refractivity contribution in [2.45, 2.75) is 12.8 Å². The summed E-state index contributed by atoms with van der Waals surface area (Å²) in [7, 11) is 0. The Bertz CT molecular complexity index is 478. The number of anilines is 1. The van der Waals surface area contributed by atoms with E-state index >= 15 is 0 Å². The smallest absolute Gasteiger partial charge is 0.257 e. The second-order valence-electron chi connectivity index (χ2n) is 3.65. The number of halogens is 2. The van der Waals surface area contributed by atoms with Crippen LogP contribution in [0.15, 0.2) is 12.1 Å². The van der Waals surface area contributed by atoms with Crippen molar-refractivity contribution in [3.63, 3.8) is 0 Å². The van der Waals surface area contributed by atoms with Crippen molar-refractivity contribution in [3.8, 4) is 0 Å². The van der Waals surface area contributed by atoms with Crippen LogP contribution in [0.1, 0.15) is 23.2 Å². The third kappa shape index (κ3) is 3.41. The lowest BCUT2D eigenvalue weighted by Gasteiger charge is -2.07. The monoisotopic (exact) mass is 257 g/mol. The number of nitrogens with one attached hydrogen (secondary N) is 1. The number of hydrogen-bond acceptors (Lipinski definition) is 3. The molecule has 0 aromatic heterocycles. The number of hydrogen-bond donors (Lipinski definition) is 3. The molecule has 0 fully saturated rings. The lowest BCUT2D eigenvalue weighted by molar-refractivity contribution is -0.118. The Morgan fingerprint density at radius 3 is 2.56 bits per heavy atom. The Hall–Kier alpha value is -2.18. The quantitative estimate of drug-likeness (QED) is 0.530. The predicted octanol–water partition coefficient (Wildman–Crippen LogP) is 0.542. The summed E-state index contributed by atoms with van der Waals surface area (Å²) in [6, 6.07) is 1.95. The first-order valence-corrected chi connectivity index (χ1v) is 5.23. The van der Waals surface area contributed by atoms with Gasteiger partial charge in [-0.3, -0.25) is 9.59 Å². The minimum absolute atomic E-state index is 0.0855. The van der Waals surface area contributed by atoms with Crippen LogP contribution in [0.3, 0.4) is 0 Å². The summed E-state index contributed by atoms with van der Waals surface area (Å²) in [6.07, 6.45) is 0.384. The molecule has 0 bridgehead atoms. The fraction of sp³-hybridized carbons (Fsp3) is 0.273.